The Morgan fingerprint density at radius 3 is 2.82 bits per heavy atom. The molecule has 1 saturated carbocycles. The Balaban J connectivity index is 2.04. The second-order valence-electron chi connectivity index (χ2n) is 4.13. The van der Waals surface area contributed by atoms with E-state index in [0.717, 1.165) is 10.6 Å². The number of carboxylic acids is 1. The van der Waals surface area contributed by atoms with Crippen molar-refractivity contribution in [3.63, 3.8) is 0 Å². The second-order valence-corrected chi connectivity index (χ2v) is 5.08. The molecule has 3 rings (SSSR count). The van der Waals surface area contributed by atoms with Gasteiger partial charge >= 0.3 is 5.97 Å². The fourth-order valence-electron chi connectivity index (χ4n) is 1.81. The van der Waals surface area contributed by atoms with Gasteiger partial charge in [0.05, 0.1) is 10.6 Å². The predicted molar refractivity (Wildman–Crippen MR) is 63.9 cm³/mol. The lowest BCUT2D eigenvalue weighted by molar-refractivity contribution is -0.140. The number of carbonyl (C=O) groups is 1. The fraction of sp³-hybridized carbons (Fsp3) is 0.250. The molecule has 0 atom stereocenters. The summed E-state index contributed by atoms with van der Waals surface area (Å²) in [6.45, 7) is 0. The Bertz CT molecular complexity index is 562. The van der Waals surface area contributed by atoms with Crippen molar-refractivity contribution in [2.45, 2.75) is 18.3 Å². The molecular weight excluding hydrogens is 236 g/mol. The molecule has 1 fully saturated rings. The average molecular weight is 246 g/mol. The molecule has 2 aromatic rings. The zero-order chi connectivity index (χ0) is 11.9. The highest BCUT2D eigenvalue weighted by Gasteiger charge is 2.54. The van der Waals surface area contributed by atoms with Crippen LogP contribution >= 0.6 is 11.3 Å². The van der Waals surface area contributed by atoms with E-state index in [1.54, 1.807) is 17.5 Å². The molecule has 4 nitrogen and oxygen atoms in total. The van der Waals surface area contributed by atoms with E-state index in [4.69, 9.17) is 0 Å². The summed E-state index contributed by atoms with van der Waals surface area (Å²) in [6.07, 6.45) is 2.91. The normalized spacial score (nSPS) is 16.7. The summed E-state index contributed by atoms with van der Waals surface area (Å²) in [5, 5.41) is 11.2. The molecule has 2 heterocycles. The van der Waals surface area contributed by atoms with E-state index in [9.17, 15) is 9.90 Å². The first-order valence-corrected chi connectivity index (χ1v) is 6.21. The molecule has 0 radical (unpaired) electrons. The van der Waals surface area contributed by atoms with Crippen LogP contribution in [0.5, 0.6) is 0 Å². The molecule has 0 spiro atoms. The van der Waals surface area contributed by atoms with Crippen molar-refractivity contribution in [2.75, 3.05) is 0 Å². The number of hydrogen-bond donors (Lipinski definition) is 1. The molecule has 0 saturated heterocycles. The predicted octanol–water partition coefficient (Wildman–Crippen LogP) is 2.32. The van der Waals surface area contributed by atoms with Crippen LogP contribution < -0.4 is 0 Å². The lowest BCUT2D eigenvalue weighted by atomic mass is 10.1. The van der Waals surface area contributed by atoms with Gasteiger partial charge in [0.2, 0.25) is 0 Å². The minimum atomic E-state index is -0.826. The maximum atomic E-state index is 11.2. The summed E-state index contributed by atoms with van der Waals surface area (Å²) in [6, 6.07) is 5.73. The number of carboxylic acid groups (broad SMARTS) is 1. The molecular formula is C12H10N2O2S. The van der Waals surface area contributed by atoms with Crippen LogP contribution in [0.15, 0.2) is 29.8 Å². The summed E-state index contributed by atoms with van der Waals surface area (Å²) in [5.41, 5.74) is -0.0229. The van der Waals surface area contributed by atoms with E-state index in [-0.39, 0.29) is 0 Å². The molecule has 1 aliphatic rings. The van der Waals surface area contributed by atoms with Crippen molar-refractivity contribution in [3.8, 4) is 10.6 Å². The highest BCUT2D eigenvalue weighted by molar-refractivity contribution is 7.13. The summed E-state index contributed by atoms with van der Waals surface area (Å²) in [5.74, 6) is -0.378. The summed E-state index contributed by atoms with van der Waals surface area (Å²) >= 11 is 1.59. The van der Waals surface area contributed by atoms with Crippen LogP contribution in [-0.2, 0) is 10.2 Å². The van der Waals surface area contributed by atoms with Gasteiger partial charge in [-0.25, -0.2) is 9.97 Å². The van der Waals surface area contributed by atoms with Gasteiger partial charge in [0, 0.05) is 6.20 Å². The maximum absolute atomic E-state index is 11.2. The number of hydrogen-bond acceptors (Lipinski definition) is 4. The molecule has 2 aromatic heterocycles. The molecule has 0 aromatic carbocycles. The van der Waals surface area contributed by atoms with Gasteiger partial charge in [-0.2, -0.15) is 0 Å². The summed E-state index contributed by atoms with van der Waals surface area (Å²) in [4.78, 5) is 20.7. The second kappa shape index (κ2) is 3.63. The number of nitrogens with zero attached hydrogens (tertiary/aromatic N) is 2. The number of thiophene rings is 1. The van der Waals surface area contributed by atoms with E-state index < -0.39 is 11.4 Å². The number of rotatable bonds is 3. The van der Waals surface area contributed by atoms with Crippen LogP contribution in [-0.4, -0.2) is 21.0 Å². The summed E-state index contributed by atoms with van der Waals surface area (Å²) < 4.78 is 0. The van der Waals surface area contributed by atoms with E-state index in [0.29, 0.717) is 18.7 Å². The molecule has 1 aliphatic carbocycles. The summed E-state index contributed by atoms with van der Waals surface area (Å²) in [7, 11) is 0. The minimum absolute atomic E-state index is 0.441. The monoisotopic (exact) mass is 246 g/mol. The van der Waals surface area contributed by atoms with Gasteiger partial charge in [0.1, 0.15) is 11.2 Å². The lowest BCUT2D eigenvalue weighted by Gasteiger charge is -2.08. The Morgan fingerprint density at radius 1 is 1.41 bits per heavy atom. The number of aromatic nitrogens is 2. The van der Waals surface area contributed by atoms with Crippen molar-refractivity contribution >= 4 is 17.3 Å². The third-order valence-corrected chi connectivity index (χ3v) is 3.91. The van der Waals surface area contributed by atoms with Crippen LogP contribution in [0.1, 0.15) is 18.7 Å². The van der Waals surface area contributed by atoms with Gasteiger partial charge in [-0.15, -0.1) is 11.3 Å². The molecule has 0 aliphatic heterocycles. The molecule has 86 valence electrons. The van der Waals surface area contributed by atoms with Crippen molar-refractivity contribution in [2.24, 2.45) is 0 Å². The fourth-order valence-corrected chi connectivity index (χ4v) is 2.50. The Labute approximate surface area is 102 Å². The van der Waals surface area contributed by atoms with Gasteiger partial charge in [-0.1, -0.05) is 6.07 Å². The van der Waals surface area contributed by atoms with Gasteiger partial charge in [-0.3, -0.25) is 4.79 Å². The van der Waals surface area contributed by atoms with Gasteiger partial charge < -0.3 is 5.11 Å². The zero-order valence-corrected chi connectivity index (χ0v) is 9.78. The first-order valence-electron chi connectivity index (χ1n) is 5.33. The average Bonchev–Trinajstić information content (AvgIpc) is 2.98. The topological polar surface area (TPSA) is 63.1 Å². The van der Waals surface area contributed by atoms with Crippen LogP contribution in [0, 0.1) is 0 Å². The molecule has 0 unspecified atom stereocenters. The van der Waals surface area contributed by atoms with E-state index in [1.165, 1.54) is 0 Å². The van der Waals surface area contributed by atoms with Crippen molar-refractivity contribution in [1.29, 1.82) is 0 Å². The van der Waals surface area contributed by atoms with Crippen molar-refractivity contribution < 1.29 is 9.90 Å². The van der Waals surface area contributed by atoms with Crippen LogP contribution in [0.3, 0.4) is 0 Å². The van der Waals surface area contributed by atoms with E-state index in [1.807, 2.05) is 23.6 Å². The van der Waals surface area contributed by atoms with Gasteiger partial charge in [0.25, 0.3) is 0 Å². The largest absolute Gasteiger partial charge is 0.480 e. The SMILES string of the molecule is O=C(O)C1(c2nccc(-c3cccs3)n2)CC1. The third kappa shape index (κ3) is 1.63. The zero-order valence-electron chi connectivity index (χ0n) is 8.96. The first-order chi connectivity index (χ1) is 8.22. The van der Waals surface area contributed by atoms with E-state index >= 15 is 0 Å². The van der Waals surface area contributed by atoms with E-state index in [2.05, 4.69) is 9.97 Å². The molecule has 0 amide bonds. The number of aliphatic carboxylic acids is 1. The smallest absolute Gasteiger partial charge is 0.317 e. The quantitative estimate of drug-likeness (QED) is 0.902. The van der Waals surface area contributed by atoms with Crippen LogP contribution in [0.25, 0.3) is 10.6 Å². The van der Waals surface area contributed by atoms with Gasteiger partial charge in [0.15, 0.2) is 0 Å². The maximum Gasteiger partial charge on any atom is 0.317 e. The lowest BCUT2D eigenvalue weighted by Crippen LogP contribution is -2.22. The molecule has 5 heteroatoms. The Kier molecular flexibility index (Phi) is 2.22. The van der Waals surface area contributed by atoms with Crippen molar-refractivity contribution in [1.82, 2.24) is 9.97 Å². The minimum Gasteiger partial charge on any atom is -0.480 e. The molecule has 17 heavy (non-hydrogen) atoms. The van der Waals surface area contributed by atoms with Gasteiger partial charge in [-0.05, 0) is 30.4 Å². The first kappa shape index (κ1) is 10.4. The molecule has 0 bridgehead atoms. The van der Waals surface area contributed by atoms with Crippen molar-refractivity contribution in [3.05, 3.63) is 35.6 Å². The van der Waals surface area contributed by atoms with Crippen LogP contribution in [0.4, 0.5) is 0 Å². The highest BCUT2D eigenvalue weighted by atomic mass is 32.1. The standard InChI is InChI=1S/C12H10N2O2S/c15-11(16)12(4-5-12)10-13-6-3-8(14-10)9-2-1-7-17-9/h1-3,6-7H,4-5H2,(H,15,16). The Morgan fingerprint density at radius 2 is 2.24 bits per heavy atom. The third-order valence-electron chi connectivity index (χ3n) is 3.02. The highest BCUT2D eigenvalue weighted by Crippen LogP contribution is 2.47. The van der Waals surface area contributed by atoms with Crippen LogP contribution in [0.2, 0.25) is 0 Å². The molecule has 1 N–H and O–H groups in total. The Hall–Kier alpha value is -1.75.